The number of methoxy groups -OCH3 is 1. The van der Waals surface area contributed by atoms with Gasteiger partial charge in [-0.15, -0.1) is 11.7 Å². The van der Waals surface area contributed by atoms with Gasteiger partial charge in [-0.25, -0.2) is 14.5 Å². The molecule has 0 aliphatic carbocycles. The predicted octanol–water partition coefficient (Wildman–Crippen LogP) is 3.59. The Bertz CT molecular complexity index is 858. The molecule has 28 heavy (non-hydrogen) atoms. The van der Waals surface area contributed by atoms with Crippen molar-refractivity contribution in [3.8, 4) is 5.19 Å². The van der Waals surface area contributed by atoms with Gasteiger partial charge in [0, 0.05) is 24.5 Å². The van der Waals surface area contributed by atoms with Crippen molar-refractivity contribution in [1.82, 2.24) is 15.1 Å². The van der Waals surface area contributed by atoms with Gasteiger partial charge in [-0.1, -0.05) is 22.8 Å². The first-order valence-corrected chi connectivity index (χ1v) is 9.76. The van der Waals surface area contributed by atoms with E-state index in [1.165, 1.54) is 12.0 Å². The van der Waals surface area contributed by atoms with E-state index in [-0.39, 0.29) is 6.03 Å². The fourth-order valence-corrected chi connectivity index (χ4v) is 3.52. The number of carbonyl (C=O) groups is 2. The van der Waals surface area contributed by atoms with Crippen molar-refractivity contribution >= 4 is 40.1 Å². The van der Waals surface area contributed by atoms with Gasteiger partial charge in [-0.3, -0.25) is 0 Å². The van der Waals surface area contributed by atoms with Crippen LogP contribution in [0.15, 0.2) is 36.9 Å². The highest BCUT2D eigenvalue weighted by Crippen LogP contribution is 2.31. The van der Waals surface area contributed by atoms with Gasteiger partial charge in [0.15, 0.2) is 6.23 Å². The lowest BCUT2D eigenvalue weighted by Crippen LogP contribution is -2.56. The lowest BCUT2D eigenvalue weighted by molar-refractivity contribution is 0.0218. The zero-order chi connectivity index (χ0) is 20.1. The van der Waals surface area contributed by atoms with E-state index in [0.717, 1.165) is 11.3 Å². The van der Waals surface area contributed by atoms with Crippen molar-refractivity contribution in [2.45, 2.75) is 19.1 Å². The largest absolute Gasteiger partial charge is 0.472 e. The molecular formula is C18H19ClN4O4S. The van der Waals surface area contributed by atoms with Gasteiger partial charge < -0.3 is 14.4 Å². The second-order valence-electron chi connectivity index (χ2n) is 5.93. The van der Waals surface area contributed by atoms with Crippen LogP contribution in [0.3, 0.4) is 0 Å². The molecule has 1 aromatic carbocycles. The second-order valence-corrected chi connectivity index (χ2v) is 7.28. The third kappa shape index (κ3) is 4.42. The topological polar surface area (TPSA) is 84.9 Å². The van der Waals surface area contributed by atoms with Gasteiger partial charge in [0.2, 0.25) is 5.13 Å². The first kappa shape index (κ1) is 20.1. The van der Waals surface area contributed by atoms with Gasteiger partial charge >= 0.3 is 12.0 Å². The average Bonchev–Trinajstić information content (AvgIpc) is 3.16. The number of esters is 1. The first-order chi connectivity index (χ1) is 13.5. The average molecular weight is 423 g/mol. The molecule has 1 aliphatic heterocycles. The molecule has 2 heterocycles. The number of urea groups is 1. The van der Waals surface area contributed by atoms with Crippen molar-refractivity contribution in [3.05, 3.63) is 47.5 Å². The highest BCUT2D eigenvalue weighted by molar-refractivity contribution is 7.17. The van der Waals surface area contributed by atoms with Crippen LogP contribution in [0.4, 0.5) is 9.93 Å². The number of carbonyl (C=O) groups excluding carboxylic acids is 2. The number of hydrogen-bond donors (Lipinski definition) is 0. The van der Waals surface area contributed by atoms with Crippen LogP contribution in [0.25, 0.3) is 0 Å². The summed E-state index contributed by atoms with van der Waals surface area (Å²) in [4.78, 5) is 28.6. The van der Waals surface area contributed by atoms with E-state index in [4.69, 9.17) is 21.1 Å². The smallest absolute Gasteiger partial charge is 0.340 e. The van der Waals surface area contributed by atoms with E-state index in [9.17, 15) is 9.59 Å². The third-order valence-corrected chi connectivity index (χ3v) is 5.25. The summed E-state index contributed by atoms with van der Waals surface area (Å²) in [7, 11) is 1.47. The van der Waals surface area contributed by atoms with E-state index in [1.807, 2.05) is 0 Å². The number of hydrogen-bond acceptors (Lipinski definition) is 7. The summed E-state index contributed by atoms with van der Waals surface area (Å²) in [5.41, 5.74) is 0.348. The summed E-state index contributed by atoms with van der Waals surface area (Å²) in [5.74, 6) is -0.546. The number of anilines is 1. The molecule has 148 valence electrons. The normalized spacial score (nSPS) is 16.8. The summed E-state index contributed by atoms with van der Waals surface area (Å²) >= 11 is 6.96. The molecule has 2 aromatic rings. The Morgan fingerprint density at radius 3 is 2.79 bits per heavy atom. The molecule has 3 rings (SSSR count). The van der Waals surface area contributed by atoms with Crippen molar-refractivity contribution in [2.75, 3.05) is 25.1 Å². The fourth-order valence-electron chi connectivity index (χ4n) is 2.70. The quantitative estimate of drug-likeness (QED) is 0.500. The van der Waals surface area contributed by atoms with E-state index in [2.05, 4.69) is 16.8 Å². The molecule has 0 bridgehead atoms. The van der Waals surface area contributed by atoms with Gasteiger partial charge in [0.25, 0.3) is 5.19 Å². The summed E-state index contributed by atoms with van der Waals surface area (Å²) in [6.45, 7) is 4.67. The molecule has 1 saturated heterocycles. The van der Waals surface area contributed by atoms with Crippen LogP contribution in [-0.4, -0.2) is 53.5 Å². The maximum absolute atomic E-state index is 13.0. The van der Waals surface area contributed by atoms with Gasteiger partial charge in [-0.2, -0.15) is 0 Å². The van der Waals surface area contributed by atoms with Crippen molar-refractivity contribution in [2.24, 2.45) is 0 Å². The molecule has 0 spiro atoms. The number of halogens is 1. The van der Waals surface area contributed by atoms with Gasteiger partial charge in [0.1, 0.15) is 0 Å². The minimum atomic E-state index is -0.798. The second kappa shape index (κ2) is 9.03. The Kier molecular flexibility index (Phi) is 6.48. The summed E-state index contributed by atoms with van der Waals surface area (Å²) < 4.78 is 10.7. The van der Waals surface area contributed by atoms with Crippen LogP contribution in [-0.2, 0) is 4.74 Å². The fraction of sp³-hybridized carbons (Fsp3) is 0.333. The molecule has 1 aliphatic rings. The van der Waals surface area contributed by atoms with E-state index < -0.39 is 12.2 Å². The maximum Gasteiger partial charge on any atom is 0.340 e. The first-order valence-electron chi connectivity index (χ1n) is 8.56. The molecule has 1 aromatic heterocycles. The van der Waals surface area contributed by atoms with E-state index in [1.54, 1.807) is 35.2 Å². The van der Waals surface area contributed by atoms with E-state index >= 15 is 0 Å². The highest BCUT2D eigenvalue weighted by atomic mass is 35.5. The molecule has 8 nitrogen and oxygen atoms in total. The lowest BCUT2D eigenvalue weighted by Gasteiger charge is -2.38. The number of nitrogens with zero attached hydrogens (tertiary/aromatic N) is 4. The number of aromatic nitrogens is 2. The Labute approximate surface area is 171 Å². The SMILES string of the molecule is C=CCCN1CCC(OC(=O)c2ccc(Cl)cc2)N(c2nnc(OC)s2)C1=O. The van der Waals surface area contributed by atoms with Crippen molar-refractivity contribution < 1.29 is 19.1 Å². The number of benzene rings is 1. The maximum atomic E-state index is 13.0. The Morgan fingerprint density at radius 1 is 1.39 bits per heavy atom. The zero-order valence-corrected chi connectivity index (χ0v) is 16.8. The molecule has 0 N–H and O–H groups in total. The minimum absolute atomic E-state index is 0.305. The summed E-state index contributed by atoms with van der Waals surface area (Å²) in [5, 5.41) is 9.02. The van der Waals surface area contributed by atoms with Crippen LogP contribution < -0.4 is 9.64 Å². The Balaban J connectivity index is 1.82. The molecule has 2 amide bonds. The number of amides is 2. The molecule has 1 fully saturated rings. The van der Waals surface area contributed by atoms with Gasteiger partial charge in [0.05, 0.1) is 12.7 Å². The Morgan fingerprint density at radius 2 is 2.14 bits per heavy atom. The lowest BCUT2D eigenvalue weighted by atomic mass is 10.2. The predicted molar refractivity (Wildman–Crippen MR) is 106 cm³/mol. The monoisotopic (exact) mass is 422 g/mol. The van der Waals surface area contributed by atoms with Crippen molar-refractivity contribution in [3.63, 3.8) is 0 Å². The third-order valence-electron chi connectivity index (χ3n) is 4.11. The standard InChI is InChI=1S/C18H19ClN4O4S/c1-3-4-10-22-11-9-14(27-15(24)12-5-7-13(19)8-6-12)23(18(22)25)16-20-21-17(26-2)28-16/h3,5-8,14H,1,4,9-11H2,2H3. The van der Waals surface area contributed by atoms with Crippen LogP contribution >= 0.6 is 22.9 Å². The highest BCUT2D eigenvalue weighted by Gasteiger charge is 2.38. The van der Waals surface area contributed by atoms with Crippen molar-refractivity contribution in [1.29, 1.82) is 0 Å². The van der Waals surface area contributed by atoms with Crippen LogP contribution in [0.2, 0.25) is 5.02 Å². The Hall–Kier alpha value is -2.65. The van der Waals surface area contributed by atoms with E-state index in [0.29, 0.717) is 46.8 Å². The van der Waals surface area contributed by atoms with Crippen LogP contribution in [0.1, 0.15) is 23.2 Å². The molecular weight excluding hydrogens is 404 g/mol. The van der Waals surface area contributed by atoms with Crippen LogP contribution in [0.5, 0.6) is 5.19 Å². The minimum Gasteiger partial charge on any atom is -0.472 e. The summed E-state index contributed by atoms with van der Waals surface area (Å²) in [6, 6.07) is 6.05. The number of rotatable bonds is 7. The zero-order valence-electron chi connectivity index (χ0n) is 15.2. The number of ether oxygens (including phenoxy) is 2. The van der Waals surface area contributed by atoms with Crippen LogP contribution in [0, 0.1) is 0 Å². The summed E-state index contributed by atoms with van der Waals surface area (Å²) in [6.07, 6.45) is 2.05. The van der Waals surface area contributed by atoms with Gasteiger partial charge in [-0.05, 0) is 42.0 Å². The molecule has 1 unspecified atom stereocenters. The molecule has 1 atom stereocenters. The molecule has 0 radical (unpaired) electrons. The molecule has 0 saturated carbocycles. The molecule has 10 heteroatoms.